The number of pyridine rings is 1. The fourth-order valence-corrected chi connectivity index (χ4v) is 4.07. The van der Waals surface area contributed by atoms with Gasteiger partial charge < -0.3 is 24.6 Å². The molecule has 2 heterocycles. The first-order valence-corrected chi connectivity index (χ1v) is 10.4. The molecule has 34 heavy (non-hydrogen) atoms. The fraction of sp³-hybridized carbons (Fsp3) is 0.120. The number of benzene rings is 2. The van der Waals surface area contributed by atoms with Gasteiger partial charge in [0.2, 0.25) is 0 Å². The Bertz CT molecular complexity index is 1400. The van der Waals surface area contributed by atoms with E-state index in [1.807, 2.05) is 0 Å². The second-order valence-corrected chi connectivity index (χ2v) is 7.63. The summed E-state index contributed by atoms with van der Waals surface area (Å²) in [6.07, 6.45) is 5.18. The summed E-state index contributed by atoms with van der Waals surface area (Å²) in [5.41, 5.74) is 0.707. The maximum absolute atomic E-state index is 12.6. The molecular weight excluding hydrogens is 440 g/mol. The van der Waals surface area contributed by atoms with Gasteiger partial charge in [0.05, 0.1) is 41.7 Å². The average Bonchev–Trinajstić information content (AvgIpc) is 3.01. The van der Waals surface area contributed by atoms with E-state index in [1.54, 1.807) is 42.3 Å². The molecule has 2 N–H and O–H groups in total. The van der Waals surface area contributed by atoms with Gasteiger partial charge in [-0.15, -0.1) is 0 Å². The van der Waals surface area contributed by atoms with E-state index in [0.717, 1.165) is 12.2 Å². The van der Waals surface area contributed by atoms with E-state index < -0.39 is 29.0 Å². The van der Waals surface area contributed by atoms with Crippen LogP contribution in [-0.2, 0) is 11.3 Å². The summed E-state index contributed by atoms with van der Waals surface area (Å²) in [4.78, 5) is 43.1. The maximum atomic E-state index is 12.6. The minimum atomic E-state index is -0.635. The zero-order chi connectivity index (χ0) is 24.0. The number of hydrogen-bond acceptors (Lipinski definition) is 9. The third-order valence-corrected chi connectivity index (χ3v) is 5.60. The zero-order valence-corrected chi connectivity index (χ0v) is 17.9. The first kappa shape index (κ1) is 21.2. The van der Waals surface area contributed by atoms with Crippen molar-refractivity contribution in [2.24, 2.45) is 0 Å². The molecule has 0 fully saturated rings. The van der Waals surface area contributed by atoms with Crippen LogP contribution in [0.5, 0.6) is 23.0 Å². The summed E-state index contributed by atoms with van der Waals surface area (Å²) >= 11 is 0. The first-order chi connectivity index (χ1) is 16.4. The molecule has 9 heteroatoms. The molecule has 0 spiro atoms. The largest absolute Gasteiger partial charge is 0.505 e. The Labute approximate surface area is 193 Å². The summed E-state index contributed by atoms with van der Waals surface area (Å²) in [6, 6.07) is 8.06. The number of phenols is 2. The summed E-state index contributed by atoms with van der Waals surface area (Å²) in [7, 11) is 0. The standard InChI is InChI=1S/C25H18N2O7/c1-2-33-25(32)13-5-8-18-14(10-13)12-27(15-4-3-9-26-11-15)21-22(30)19-16(28)6-7-17(29)20(19)23(31)24(21)34-18/h3-11,30-31H,2,12H2,1H3. The second-order valence-electron chi connectivity index (χ2n) is 7.63. The van der Waals surface area contributed by atoms with Crippen LogP contribution in [0.25, 0.3) is 0 Å². The second kappa shape index (κ2) is 8.04. The Morgan fingerprint density at radius 3 is 2.53 bits per heavy atom. The predicted octanol–water partition coefficient (Wildman–Crippen LogP) is 4.05. The van der Waals surface area contributed by atoms with E-state index in [4.69, 9.17) is 9.47 Å². The Morgan fingerprint density at radius 2 is 1.85 bits per heavy atom. The van der Waals surface area contributed by atoms with Crippen molar-refractivity contribution >= 4 is 28.9 Å². The van der Waals surface area contributed by atoms with Gasteiger partial charge in [0, 0.05) is 11.8 Å². The van der Waals surface area contributed by atoms with Crippen LogP contribution in [-0.4, -0.2) is 39.3 Å². The smallest absolute Gasteiger partial charge is 0.338 e. The minimum absolute atomic E-state index is 0.00501. The van der Waals surface area contributed by atoms with Gasteiger partial charge in [-0.05, 0) is 49.4 Å². The van der Waals surface area contributed by atoms with E-state index in [1.165, 1.54) is 12.3 Å². The summed E-state index contributed by atoms with van der Waals surface area (Å²) in [5.74, 6) is -2.75. The summed E-state index contributed by atoms with van der Waals surface area (Å²) in [6.45, 7) is 2.00. The molecule has 0 unspecified atom stereocenters. The monoisotopic (exact) mass is 458 g/mol. The van der Waals surface area contributed by atoms with Gasteiger partial charge in [-0.3, -0.25) is 14.6 Å². The number of nitrogens with zero attached hydrogens (tertiary/aromatic N) is 2. The molecule has 2 aliphatic rings. The number of carbonyl (C=O) groups excluding carboxylic acids is 3. The Kier molecular flexibility index (Phi) is 5.01. The molecule has 5 rings (SSSR count). The van der Waals surface area contributed by atoms with Gasteiger partial charge >= 0.3 is 5.97 Å². The van der Waals surface area contributed by atoms with E-state index >= 15 is 0 Å². The molecule has 170 valence electrons. The molecule has 1 aromatic heterocycles. The molecule has 2 aromatic carbocycles. The van der Waals surface area contributed by atoms with Crippen molar-refractivity contribution in [2.45, 2.75) is 13.5 Å². The highest BCUT2D eigenvalue weighted by molar-refractivity contribution is 6.25. The van der Waals surface area contributed by atoms with Crippen molar-refractivity contribution in [3.8, 4) is 23.0 Å². The van der Waals surface area contributed by atoms with Crippen molar-refractivity contribution in [2.75, 3.05) is 11.5 Å². The van der Waals surface area contributed by atoms with Crippen molar-refractivity contribution in [1.29, 1.82) is 0 Å². The highest BCUT2D eigenvalue weighted by atomic mass is 16.5. The number of hydrogen-bond donors (Lipinski definition) is 2. The van der Waals surface area contributed by atoms with Crippen LogP contribution in [0.1, 0.15) is 43.6 Å². The molecule has 3 aromatic rings. The Morgan fingerprint density at radius 1 is 1.12 bits per heavy atom. The van der Waals surface area contributed by atoms with Gasteiger partial charge in [-0.25, -0.2) is 4.79 Å². The van der Waals surface area contributed by atoms with Crippen LogP contribution in [0, 0.1) is 0 Å². The average molecular weight is 458 g/mol. The quantitative estimate of drug-likeness (QED) is 0.441. The molecule has 0 radical (unpaired) electrons. The SMILES string of the molecule is CCOC(=O)c1ccc2c(c1)CN(c1cccnc1)c1c(O)c3c(c(O)c1O2)C(=O)C=CC3=O. The predicted molar refractivity (Wildman–Crippen MR) is 120 cm³/mol. The maximum Gasteiger partial charge on any atom is 0.338 e. The van der Waals surface area contributed by atoms with Gasteiger partial charge in [-0.1, -0.05) is 0 Å². The number of ether oxygens (including phenoxy) is 2. The van der Waals surface area contributed by atoms with Gasteiger partial charge in [0.15, 0.2) is 28.8 Å². The normalized spacial score (nSPS) is 14.0. The van der Waals surface area contributed by atoms with E-state index in [9.17, 15) is 24.6 Å². The first-order valence-electron chi connectivity index (χ1n) is 10.4. The summed E-state index contributed by atoms with van der Waals surface area (Å²) in [5, 5.41) is 22.3. The zero-order valence-electron chi connectivity index (χ0n) is 17.9. The lowest BCUT2D eigenvalue weighted by molar-refractivity contribution is 0.0526. The fourth-order valence-electron chi connectivity index (χ4n) is 4.07. The van der Waals surface area contributed by atoms with Gasteiger partial charge in [-0.2, -0.15) is 0 Å². The number of carbonyl (C=O) groups is 3. The van der Waals surface area contributed by atoms with Crippen LogP contribution < -0.4 is 9.64 Å². The lowest BCUT2D eigenvalue weighted by Crippen LogP contribution is -2.19. The molecular formula is C25H18N2O7. The number of esters is 1. The molecule has 9 nitrogen and oxygen atoms in total. The highest BCUT2D eigenvalue weighted by Gasteiger charge is 2.37. The van der Waals surface area contributed by atoms with E-state index in [0.29, 0.717) is 22.6 Å². The van der Waals surface area contributed by atoms with Crippen molar-refractivity contribution in [1.82, 2.24) is 4.98 Å². The number of anilines is 2. The third-order valence-electron chi connectivity index (χ3n) is 5.60. The number of ketones is 2. The van der Waals surface area contributed by atoms with E-state index in [2.05, 4.69) is 4.98 Å². The summed E-state index contributed by atoms with van der Waals surface area (Å²) < 4.78 is 11.1. The number of fused-ring (bicyclic) bond motifs is 3. The number of aromatic nitrogens is 1. The molecule has 1 aliphatic carbocycles. The number of aromatic hydroxyl groups is 2. The number of allylic oxidation sites excluding steroid dienone is 2. The molecule has 0 saturated heterocycles. The number of rotatable bonds is 3. The molecule has 1 aliphatic heterocycles. The molecule has 0 atom stereocenters. The molecule has 0 saturated carbocycles. The van der Waals surface area contributed by atoms with Crippen molar-refractivity contribution in [3.05, 3.63) is 77.1 Å². The minimum Gasteiger partial charge on any atom is -0.505 e. The highest BCUT2D eigenvalue weighted by Crippen LogP contribution is 2.55. The lowest BCUT2D eigenvalue weighted by atomic mass is 9.91. The van der Waals surface area contributed by atoms with Crippen molar-refractivity contribution < 1.29 is 34.1 Å². The molecule has 0 bridgehead atoms. The van der Waals surface area contributed by atoms with Gasteiger partial charge in [0.25, 0.3) is 0 Å². The lowest BCUT2D eigenvalue weighted by Gasteiger charge is -2.27. The van der Waals surface area contributed by atoms with Crippen LogP contribution in [0.2, 0.25) is 0 Å². The topological polar surface area (TPSA) is 126 Å². The van der Waals surface area contributed by atoms with Crippen LogP contribution in [0.4, 0.5) is 11.4 Å². The van der Waals surface area contributed by atoms with Crippen molar-refractivity contribution in [3.63, 3.8) is 0 Å². The van der Waals surface area contributed by atoms with Crippen LogP contribution >= 0.6 is 0 Å². The van der Waals surface area contributed by atoms with E-state index in [-0.39, 0.29) is 35.7 Å². The van der Waals surface area contributed by atoms with Crippen LogP contribution in [0.3, 0.4) is 0 Å². The Balaban J connectivity index is 1.77. The van der Waals surface area contributed by atoms with Gasteiger partial charge in [0.1, 0.15) is 11.4 Å². The third kappa shape index (κ3) is 3.25. The molecule has 0 amide bonds. The Hall–Kier alpha value is -4.66. The number of phenolic OH excluding ortho intramolecular Hbond substituents is 2. The van der Waals surface area contributed by atoms with Crippen LogP contribution in [0.15, 0.2) is 54.9 Å².